The maximum atomic E-state index is 12.9. The smallest absolute Gasteiger partial charge is 0.338 e. The average molecular weight is 416 g/mol. The molecule has 1 aromatic carbocycles. The number of methoxy groups -OCH3 is 1. The molecule has 1 fully saturated rings. The Kier molecular flexibility index (Phi) is 6.94. The van der Waals surface area contributed by atoms with Gasteiger partial charge in [0.2, 0.25) is 5.91 Å². The maximum Gasteiger partial charge on any atom is 0.338 e. The summed E-state index contributed by atoms with van der Waals surface area (Å²) < 4.78 is 10.8. The second kappa shape index (κ2) is 9.62. The number of nitrogens with zero attached hydrogens (tertiary/aromatic N) is 2. The lowest BCUT2D eigenvalue weighted by Crippen LogP contribution is -2.52. The summed E-state index contributed by atoms with van der Waals surface area (Å²) in [7, 11) is 1.55. The number of piperazine rings is 1. The second-order valence-electron chi connectivity index (χ2n) is 7.17. The van der Waals surface area contributed by atoms with Crippen molar-refractivity contribution in [3.8, 4) is 5.75 Å². The molecule has 2 aliphatic rings. The van der Waals surface area contributed by atoms with Crippen LogP contribution in [0.1, 0.15) is 25.5 Å². The fourth-order valence-electron chi connectivity index (χ4n) is 3.78. The van der Waals surface area contributed by atoms with Gasteiger partial charge in [0.25, 0.3) is 0 Å². The van der Waals surface area contributed by atoms with E-state index in [2.05, 4.69) is 15.5 Å². The largest absolute Gasteiger partial charge is 0.496 e. The monoisotopic (exact) mass is 416 g/mol. The standard InChI is InChI=1S/C21H28N4O5/c1-4-30-20(27)18-16(13-24-9-11-25(12-10-24)14(2)26)22-21(28)23-19(18)15-7-5-6-8-17(15)29-3/h5-8,19H,4,9-13H2,1-3H3,(H2,22,23,28). The van der Waals surface area contributed by atoms with Crippen molar-refractivity contribution in [3.05, 3.63) is 41.1 Å². The molecule has 2 heterocycles. The fourth-order valence-corrected chi connectivity index (χ4v) is 3.78. The van der Waals surface area contributed by atoms with Crippen LogP contribution in [0.25, 0.3) is 0 Å². The molecule has 3 rings (SSSR count). The number of ether oxygens (including phenoxy) is 2. The molecule has 9 nitrogen and oxygen atoms in total. The summed E-state index contributed by atoms with van der Waals surface area (Å²) in [6.45, 7) is 6.43. The van der Waals surface area contributed by atoms with Gasteiger partial charge in [-0.25, -0.2) is 9.59 Å². The number of hydrogen-bond donors (Lipinski definition) is 2. The number of nitrogens with one attached hydrogen (secondary N) is 2. The van der Waals surface area contributed by atoms with Crippen molar-refractivity contribution >= 4 is 17.9 Å². The summed E-state index contributed by atoms with van der Waals surface area (Å²) >= 11 is 0. The van der Waals surface area contributed by atoms with Crippen LogP contribution in [0.2, 0.25) is 0 Å². The molecule has 1 atom stereocenters. The van der Waals surface area contributed by atoms with Gasteiger partial charge in [-0.1, -0.05) is 18.2 Å². The van der Waals surface area contributed by atoms with E-state index in [1.807, 2.05) is 18.2 Å². The molecular weight excluding hydrogens is 388 g/mol. The van der Waals surface area contributed by atoms with Crippen LogP contribution in [-0.2, 0) is 14.3 Å². The van der Waals surface area contributed by atoms with Gasteiger partial charge in [-0.15, -0.1) is 0 Å². The summed E-state index contributed by atoms with van der Waals surface area (Å²) in [5.41, 5.74) is 1.54. The number of rotatable bonds is 6. The minimum Gasteiger partial charge on any atom is -0.496 e. The predicted octanol–water partition coefficient (Wildman–Crippen LogP) is 1.03. The molecule has 2 aliphatic heterocycles. The van der Waals surface area contributed by atoms with Crippen LogP contribution in [0.15, 0.2) is 35.5 Å². The Labute approximate surface area is 176 Å². The number of carbonyl (C=O) groups is 3. The van der Waals surface area contributed by atoms with Crippen LogP contribution in [-0.4, -0.2) is 74.1 Å². The SMILES string of the molecule is CCOC(=O)C1=C(CN2CCN(C(C)=O)CC2)NC(=O)NC1c1ccccc1OC. The number of urea groups is 1. The molecule has 3 amide bonds. The highest BCUT2D eigenvalue weighted by Gasteiger charge is 2.36. The molecular formula is C21H28N4O5. The van der Waals surface area contributed by atoms with Gasteiger partial charge in [0.15, 0.2) is 0 Å². The second-order valence-corrected chi connectivity index (χ2v) is 7.17. The van der Waals surface area contributed by atoms with Crippen LogP contribution < -0.4 is 15.4 Å². The van der Waals surface area contributed by atoms with Crippen LogP contribution in [0, 0.1) is 0 Å². The lowest BCUT2D eigenvalue weighted by Gasteiger charge is -2.36. The molecule has 162 valence electrons. The zero-order valence-electron chi connectivity index (χ0n) is 17.6. The Balaban J connectivity index is 1.94. The first-order valence-corrected chi connectivity index (χ1v) is 10.0. The van der Waals surface area contributed by atoms with Gasteiger partial charge in [0, 0.05) is 50.9 Å². The van der Waals surface area contributed by atoms with Crippen molar-refractivity contribution in [1.82, 2.24) is 20.4 Å². The van der Waals surface area contributed by atoms with Crippen molar-refractivity contribution < 1.29 is 23.9 Å². The minimum absolute atomic E-state index is 0.0486. The van der Waals surface area contributed by atoms with E-state index in [4.69, 9.17) is 9.47 Å². The number of para-hydroxylation sites is 1. The van der Waals surface area contributed by atoms with Crippen molar-refractivity contribution in [2.75, 3.05) is 46.4 Å². The summed E-state index contributed by atoms with van der Waals surface area (Å²) in [6.07, 6.45) is 0. The van der Waals surface area contributed by atoms with Crippen LogP contribution in [0.5, 0.6) is 5.75 Å². The topological polar surface area (TPSA) is 100 Å². The molecule has 1 saturated heterocycles. The van der Waals surface area contributed by atoms with Gasteiger partial charge in [-0.3, -0.25) is 9.69 Å². The highest BCUT2D eigenvalue weighted by molar-refractivity contribution is 5.95. The lowest BCUT2D eigenvalue weighted by molar-refractivity contribution is -0.139. The molecule has 1 unspecified atom stereocenters. The van der Waals surface area contributed by atoms with Crippen LogP contribution in [0.3, 0.4) is 0 Å². The Bertz CT molecular complexity index is 846. The predicted molar refractivity (Wildman–Crippen MR) is 110 cm³/mol. The molecule has 30 heavy (non-hydrogen) atoms. The van der Waals surface area contributed by atoms with E-state index in [9.17, 15) is 14.4 Å². The summed E-state index contributed by atoms with van der Waals surface area (Å²) in [4.78, 5) is 40.8. The third-order valence-electron chi connectivity index (χ3n) is 5.30. The van der Waals surface area contributed by atoms with E-state index in [0.717, 1.165) is 0 Å². The van der Waals surface area contributed by atoms with Gasteiger partial charge >= 0.3 is 12.0 Å². The molecule has 9 heteroatoms. The van der Waals surface area contributed by atoms with E-state index in [1.54, 1.807) is 31.9 Å². The molecule has 1 aromatic rings. The van der Waals surface area contributed by atoms with E-state index in [-0.39, 0.29) is 12.5 Å². The molecule has 0 saturated carbocycles. The van der Waals surface area contributed by atoms with E-state index in [0.29, 0.717) is 55.3 Å². The summed E-state index contributed by atoms with van der Waals surface area (Å²) in [5.74, 6) is 0.131. The highest BCUT2D eigenvalue weighted by atomic mass is 16.5. The Morgan fingerprint density at radius 2 is 1.87 bits per heavy atom. The number of esters is 1. The normalized spacial score (nSPS) is 19.8. The zero-order valence-corrected chi connectivity index (χ0v) is 17.6. The summed E-state index contributed by atoms with van der Waals surface area (Å²) in [5, 5.41) is 5.62. The number of carbonyl (C=O) groups excluding carboxylic acids is 3. The van der Waals surface area contributed by atoms with Crippen molar-refractivity contribution in [3.63, 3.8) is 0 Å². The van der Waals surface area contributed by atoms with E-state index >= 15 is 0 Å². The third kappa shape index (κ3) is 4.73. The van der Waals surface area contributed by atoms with Crippen molar-refractivity contribution in [2.24, 2.45) is 0 Å². The lowest BCUT2D eigenvalue weighted by atomic mass is 9.94. The van der Waals surface area contributed by atoms with E-state index < -0.39 is 18.0 Å². The molecule has 0 aromatic heterocycles. The Morgan fingerprint density at radius 3 is 2.50 bits per heavy atom. The van der Waals surface area contributed by atoms with Gasteiger partial charge in [-0.05, 0) is 13.0 Å². The zero-order chi connectivity index (χ0) is 21.7. The molecule has 0 aliphatic carbocycles. The van der Waals surface area contributed by atoms with Gasteiger partial charge < -0.3 is 25.0 Å². The Hall–Kier alpha value is -3.07. The third-order valence-corrected chi connectivity index (χ3v) is 5.30. The Morgan fingerprint density at radius 1 is 1.17 bits per heavy atom. The number of amides is 3. The highest BCUT2D eigenvalue weighted by Crippen LogP contribution is 2.33. The average Bonchev–Trinajstić information content (AvgIpc) is 2.73. The van der Waals surface area contributed by atoms with Crippen LogP contribution >= 0.6 is 0 Å². The number of benzene rings is 1. The van der Waals surface area contributed by atoms with Gasteiger partial charge in [0.05, 0.1) is 25.3 Å². The van der Waals surface area contributed by atoms with Gasteiger partial charge in [-0.2, -0.15) is 0 Å². The first-order chi connectivity index (χ1) is 14.4. The van der Waals surface area contributed by atoms with Crippen molar-refractivity contribution in [2.45, 2.75) is 19.9 Å². The molecule has 0 bridgehead atoms. The van der Waals surface area contributed by atoms with Crippen molar-refractivity contribution in [1.29, 1.82) is 0 Å². The fraction of sp³-hybridized carbons (Fsp3) is 0.476. The molecule has 0 radical (unpaired) electrons. The van der Waals surface area contributed by atoms with Gasteiger partial charge in [0.1, 0.15) is 5.75 Å². The summed E-state index contributed by atoms with van der Waals surface area (Å²) in [6, 6.07) is 6.17. The molecule has 2 N–H and O–H groups in total. The number of hydrogen-bond acceptors (Lipinski definition) is 6. The minimum atomic E-state index is -0.692. The molecule has 0 spiro atoms. The first kappa shape index (κ1) is 21.6. The quantitative estimate of drug-likeness (QED) is 0.672. The van der Waals surface area contributed by atoms with E-state index in [1.165, 1.54) is 0 Å². The maximum absolute atomic E-state index is 12.9. The van der Waals surface area contributed by atoms with Crippen LogP contribution in [0.4, 0.5) is 4.79 Å². The first-order valence-electron chi connectivity index (χ1n) is 10.0.